The Balaban J connectivity index is 2.14. The maximum Gasteiger partial charge on any atom is 0.233 e. The molecular formula is C19H21N5OS. The van der Waals surface area contributed by atoms with Gasteiger partial charge >= 0.3 is 0 Å². The second kappa shape index (κ2) is 7.70. The van der Waals surface area contributed by atoms with Crippen molar-refractivity contribution < 1.29 is 4.79 Å². The second-order valence-corrected chi connectivity index (χ2v) is 7.33. The first-order chi connectivity index (χ1) is 12.5. The van der Waals surface area contributed by atoms with E-state index in [2.05, 4.69) is 52.5 Å². The van der Waals surface area contributed by atoms with Crippen LogP contribution in [0.1, 0.15) is 18.1 Å². The topological polar surface area (TPSA) is 72.7 Å². The fraction of sp³-hybridized carbons (Fsp3) is 0.263. The molecule has 1 aromatic carbocycles. The van der Waals surface area contributed by atoms with Crippen molar-refractivity contribution in [2.75, 3.05) is 7.05 Å². The minimum Gasteiger partial charge on any atom is -0.358 e. The Morgan fingerprint density at radius 3 is 2.65 bits per heavy atom. The molecule has 0 fully saturated rings. The van der Waals surface area contributed by atoms with Crippen LogP contribution >= 0.6 is 11.8 Å². The zero-order valence-electron chi connectivity index (χ0n) is 15.2. The number of aromatic nitrogens is 4. The van der Waals surface area contributed by atoms with Crippen LogP contribution in [0.2, 0.25) is 0 Å². The molecule has 0 aliphatic heterocycles. The number of nitrogens with one attached hydrogen (secondary N) is 1. The van der Waals surface area contributed by atoms with E-state index in [1.165, 1.54) is 17.3 Å². The molecule has 0 unspecified atom stereocenters. The molecule has 0 aliphatic rings. The van der Waals surface area contributed by atoms with Crippen LogP contribution in [0.15, 0.2) is 47.8 Å². The van der Waals surface area contributed by atoms with Gasteiger partial charge in [0.25, 0.3) is 0 Å². The Kier molecular flexibility index (Phi) is 5.37. The molecule has 2 heterocycles. The molecule has 1 atom stereocenters. The van der Waals surface area contributed by atoms with Gasteiger partial charge in [0.1, 0.15) is 5.69 Å². The van der Waals surface area contributed by atoms with E-state index in [1.807, 2.05) is 29.7 Å². The predicted molar refractivity (Wildman–Crippen MR) is 103 cm³/mol. The van der Waals surface area contributed by atoms with Crippen molar-refractivity contribution in [3.05, 3.63) is 53.7 Å². The maximum atomic E-state index is 12.0. The van der Waals surface area contributed by atoms with Crippen LogP contribution < -0.4 is 5.32 Å². The van der Waals surface area contributed by atoms with Crippen LogP contribution in [0.4, 0.5) is 0 Å². The van der Waals surface area contributed by atoms with E-state index in [0.717, 1.165) is 16.9 Å². The number of carbonyl (C=O) groups excluding carboxylic acids is 1. The average molecular weight is 367 g/mol. The van der Waals surface area contributed by atoms with E-state index in [-0.39, 0.29) is 11.2 Å². The molecule has 0 saturated carbocycles. The van der Waals surface area contributed by atoms with E-state index >= 15 is 0 Å². The summed E-state index contributed by atoms with van der Waals surface area (Å²) in [6.45, 7) is 5.97. The number of hydrogen-bond acceptors (Lipinski definition) is 5. The van der Waals surface area contributed by atoms with Gasteiger partial charge in [-0.05, 0) is 44.5 Å². The third kappa shape index (κ3) is 3.62. The van der Waals surface area contributed by atoms with Gasteiger partial charge in [0.15, 0.2) is 11.0 Å². The van der Waals surface area contributed by atoms with Crippen LogP contribution in [-0.2, 0) is 4.79 Å². The SMILES string of the molecule is CNC(=O)[C@H](C)Sc1nnc(-c2ccccn2)n1-c1ccc(C)cc1C. The molecule has 0 aliphatic carbocycles. The lowest BCUT2D eigenvalue weighted by Crippen LogP contribution is -2.27. The van der Waals surface area contributed by atoms with Crippen molar-refractivity contribution in [3.8, 4) is 17.2 Å². The summed E-state index contributed by atoms with van der Waals surface area (Å²) in [5.74, 6) is 0.605. The highest BCUT2D eigenvalue weighted by Crippen LogP contribution is 2.31. The molecule has 7 heteroatoms. The molecule has 6 nitrogen and oxygen atoms in total. The van der Waals surface area contributed by atoms with Gasteiger partial charge in [-0.2, -0.15) is 0 Å². The summed E-state index contributed by atoms with van der Waals surface area (Å²) in [7, 11) is 1.63. The summed E-state index contributed by atoms with van der Waals surface area (Å²) < 4.78 is 1.97. The van der Waals surface area contributed by atoms with E-state index in [1.54, 1.807) is 13.2 Å². The number of pyridine rings is 1. The molecule has 1 amide bonds. The number of nitrogens with zero attached hydrogens (tertiary/aromatic N) is 4. The summed E-state index contributed by atoms with van der Waals surface area (Å²) in [4.78, 5) is 16.4. The lowest BCUT2D eigenvalue weighted by Gasteiger charge is -2.15. The molecule has 0 spiro atoms. The van der Waals surface area contributed by atoms with E-state index in [9.17, 15) is 4.79 Å². The minimum atomic E-state index is -0.287. The van der Waals surface area contributed by atoms with Gasteiger partial charge in [0.05, 0.1) is 10.9 Å². The average Bonchev–Trinajstić information content (AvgIpc) is 3.05. The molecule has 0 saturated heterocycles. The summed E-state index contributed by atoms with van der Waals surface area (Å²) in [6.07, 6.45) is 1.73. The van der Waals surface area contributed by atoms with Gasteiger partial charge < -0.3 is 5.32 Å². The monoisotopic (exact) mass is 367 g/mol. The number of carbonyl (C=O) groups is 1. The van der Waals surface area contributed by atoms with E-state index in [0.29, 0.717) is 11.0 Å². The highest BCUT2D eigenvalue weighted by Gasteiger charge is 2.22. The first-order valence-corrected chi connectivity index (χ1v) is 9.22. The van der Waals surface area contributed by atoms with Crippen LogP contribution in [0.5, 0.6) is 0 Å². The third-order valence-corrected chi connectivity index (χ3v) is 5.06. The van der Waals surface area contributed by atoms with Crippen molar-refractivity contribution in [1.29, 1.82) is 0 Å². The Labute approximate surface area is 157 Å². The summed E-state index contributed by atoms with van der Waals surface area (Å²) >= 11 is 1.38. The quantitative estimate of drug-likeness (QED) is 0.701. The van der Waals surface area contributed by atoms with E-state index in [4.69, 9.17) is 0 Å². The van der Waals surface area contributed by atoms with Crippen LogP contribution in [0.3, 0.4) is 0 Å². The van der Waals surface area contributed by atoms with Crippen molar-refractivity contribution in [3.63, 3.8) is 0 Å². The summed E-state index contributed by atoms with van der Waals surface area (Å²) in [5, 5.41) is 11.8. The second-order valence-electron chi connectivity index (χ2n) is 6.02. The van der Waals surface area contributed by atoms with Gasteiger partial charge in [-0.1, -0.05) is 35.5 Å². The third-order valence-electron chi connectivity index (χ3n) is 4.02. The van der Waals surface area contributed by atoms with Gasteiger partial charge in [-0.3, -0.25) is 14.3 Å². The van der Waals surface area contributed by atoms with Crippen molar-refractivity contribution >= 4 is 17.7 Å². The molecule has 0 bridgehead atoms. The van der Waals surface area contributed by atoms with Gasteiger partial charge in [-0.25, -0.2) is 0 Å². The lowest BCUT2D eigenvalue weighted by molar-refractivity contribution is -0.119. The Morgan fingerprint density at radius 2 is 2.00 bits per heavy atom. The fourth-order valence-electron chi connectivity index (χ4n) is 2.70. The van der Waals surface area contributed by atoms with E-state index < -0.39 is 0 Å². The number of aryl methyl sites for hydroxylation is 2. The van der Waals surface area contributed by atoms with Crippen LogP contribution in [0.25, 0.3) is 17.2 Å². The number of rotatable bonds is 5. The Hall–Kier alpha value is -2.67. The minimum absolute atomic E-state index is 0.0513. The summed E-state index contributed by atoms with van der Waals surface area (Å²) in [6, 6.07) is 11.9. The number of hydrogen-bond donors (Lipinski definition) is 1. The van der Waals surface area contributed by atoms with Gasteiger partial charge in [0.2, 0.25) is 5.91 Å². The molecule has 3 aromatic rings. The van der Waals surface area contributed by atoms with Crippen molar-refractivity contribution in [1.82, 2.24) is 25.1 Å². The van der Waals surface area contributed by atoms with Gasteiger partial charge in [0, 0.05) is 13.2 Å². The molecule has 134 valence electrons. The van der Waals surface area contributed by atoms with Gasteiger partial charge in [-0.15, -0.1) is 10.2 Å². The Morgan fingerprint density at radius 1 is 1.19 bits per heavy atom. The highest BCUT2D eigenvalue weighted by atomic mass is 32.2. The van der Waals surface area contributed by atoms with Crippen LogP contribution in [-0.4, -0.2) is 38.0 Å². The van der Waals surface area contributed by atoms with Crippen LogP contribution in [0, 0.1) is 13.8 Å². The molecule has 2 aromatic heterocycles. The van der Waals surface area contributed by atoms with Crippen molar-refractivity contribution in [2.45, 2.75) is 31.2 Å². The van der Waals surface area contributed by atoms with Crippen molar-refractivity contribution in [2.24, 2.45) is 0 Å². The first-order valence-electron chi connectivity index (χ1n) is 8.34. The smallest absolute Gasteiger partial charge is 0.233 e. The molecule has 3 rings (SSSR count). The standard InChI is InChI=1S/C19H21N5OS/c1-12-8-9-16(13(2)11-12)24-17(15-7-5-6-10-21-15)22-23-19(24)26-14(3)18(25)20-4/h5-11,14H,1-4H3,(H,20,25)/t14-/m0/s1. The number of amides is 1. The molecular weight excluding hydrogens is 346 g/mol. The largest absolute Gasteiger partial charge is 0.358 e. The Bertz CT molecular complexity index is 923. The number of thioether (sulfide) groups is 1. The normalized spacial score (nSPS) is 12.0. The lowest BCUT2D eigenvalue weighted by atomic mass is 10.1. The zero-order valence-corrected chi connectivity index (χ0v) is 16.0. The highest BCUT2D eigenvalue weighted by molar-refractivity contribution is 8.00. The zero-order chi connectivity index (χ0) is 18.7. The molecule has 26 heavy (non-hydrogen) atoms. The molecule has 0 radical (unpaired) electrons. The first kappa shape index (κ1) is 18.1. The fourth-order valence-corrected chi connectivity index (χ4v) is 3.61. The summed E-state index contributed by atoms with van der Waals surface area (Å²) in [5.41, 5.74) is 4.01. The number of benzene rings is 1. The maximum absolute atomic E-state index is 12.0. The molecule has 1 N–H and O–H groups in total. The predicted octanol–water partition coefficient (Wildman–Crippen LogP) is 3.17.